The summed E-state index contributed by atoms with van der Waals surface area (Å²) in [5, 5.41) is 7.88. The minimum Gasteiger partial charge on any atom is -0.273 e. The Morgan fingerprint density at radius 2 is 1.18 bits per heavy atom. The van der Waals surface area contributed by atoms with Crippen molar-refractivity contribution in [3.63, 3.8) is 0 Å². The van der Waals surface area contributed by atoms with Crippen molar-refractivity contribution in [2.45, 2.75) is 20.8 Å². The van der Waals surface area contributed by atoms with Gasteiger partial charge in [0.05, 0.1) is 14.4 Å². The molecule has 0 spiro atoms. The highest BCUT2D eigenvalue weighted by molar-refractivity contribution is 7.25. The van der Waals surface area contributed by atoms with Crippen molar-refractivity contribution >= 4 is 76.8 Å². The molecule has 0 aliphatic rings. The van der Waals surface area contributed by atoms with Crippen molar-refractivity contribution in [3.05, 3.63) is 10.6 Å². The topological polar surface area (TPSA) is 72.9 Å². The molecule has 0 bridgehead atoms. The summed E-state index contributed by atoms with van der Waals surface area (Å²) in [6.07, 6.45) is 0. The molecule has 150 valence electrons. The van der Waals surface area contributed by atoms with Crippen LogP contribution in [0, 0.1) is 6.92 Å². The van der Waals surface area contributed by atoms with Crippen molar-refractivity contribution in [1.29, 1.82) is 0 Å². The summed E-state index contributed by atoms with van der Waals surface area (Å²) in [6.45, 7) is 4.96. The molecular formula is C17H21ClN6O2S2. The summed E-state index contributed by atoms with van der Waals surface area (Å²) in [5.41, 5.74) is 2.19. The number of hydrazine groups is 2. The number of carbonyl (C=O) groups is 2. The number of hydrogen-bond acceptors (Lipinski definition) is 8. The van der Waals surface area contributed by atoms with E-state index < -0.39 is 0 Å². The van der Waals surface area contributed by atoms with Gasteiger partial charge in [-0.2, -0.15) is 0 Å². The number of amides is 2. The number of rotatable bonds is 4. The van der Waals surface area contributed by atoms with Crippen molar-refractivity contribution in [2.75, 3.05) is 38.2 Å². The maximum absolute atomic E-state index is 12.0. The van der Waals surface area contributed by atoms with E-state index in [1.807, 2.05) is 6.92 Å². The van der Waals surface area contributed by atoms with Gasteiger partial charge in [-0.25, -0.2) is 30.0 Å². The molecule has 3 rings (SSSR count). The van der Waals surface area contributed by atoms with Gasteiger partial charge in [-0.05, 0) is 12.5 Å². The molecule has 2 amide bonds. The zero-order valence-corrected chi connectivity index (χ0v) is 19.1. The summed E-state index contributed by atoms with van der Waals surface area (Å²) in [7, 11) is 7.13. The second-order valence-corrected chi connectivity index (χ2v) is 8.98. The molecule has 2 heterocycles. The zero-order chi connectivity index (χ0) is 20.9. The van der Waals surface area contributed by atoms with E-state index >= 15 is 0 Å². The van der Waals surface area contributed by atoms with Gasteiger partial charge >= 0.3 is 0 Å². The van der Waals surface area contributed by atoms with E-state index in [9.17, 15) is 9.59 Å². The van der Waals surface area contributed by atoms with Gasteiger partial charge in [0.2, 0.25) is 22.1 Å². The average Bonchev–Trinajstić information content (AvgIpc) is 3.16. The largest absolute Gasteiger partial charge is 0.273 e. The number of aryl methyl sites for hydroxylation is 1. The summed E-state index contributed by atoms with van der Waals surface area (Å²) in [4.78, 5) is 33.3. The van der Waals surface area contributed by atoms with E-state index in [0.29, 0.717) is 26.3 Å². The van der Waals surface area contributed by atoms with Gasteiger partial charge in [0.1, 0.15) is 11.0 Å². The number of thiazole rings is 2. The van der Waals surface area contributed by atoms with Crippen molar-refractivity contribution in [1.82, 2.24) is 20.0 Å². The van der Waals surface area contributed by atoms with Gasteiger partial charge in [-0.1, -0.05) is 34.3 Å². The number of hydrogen-bond donors (Lipinski definition) is 0. The number of aromatic nitrogens is 2. The van der Waals surface area contributed by atoms with Crippen LogP contribution in [0.15, 0.2) is 0 Å². The second-order valence-electron chi connectivity index (χ2n) is 6.64. The third-order valence-electron chi connectivity index (χ3n) is 4.09. The molecule has 0 aliphatic heterocycles. The number of fused-ring (bicyclic) bond motifs is 2. The molecule has 1 aromatic carbocycles. The van der Waals surface area contributed by atoms with E-state index in [1.165, 1.54) is 46.5 Å². The third-order valence-corrected chi connectivity index (χ3v) is 6.75. The van der Waals surface area contributed by atoms with Gasteiger partial charge in [-0.15, -0.1) is 0 Å². The number of carbonyl (C=O) groups excluding carboxylic acids is 2. The van der Waals surface area contributed by atoms with E-state index in [1.54, 1.807) is 38.2 Å². The molecule has 0 aliphatic carbocycles. The van der Waals surface area contributed by atoms with E-state index in [4.69, 9.17) is 11.6 Å². The summed E-state index contributed by atoms with van der Waals surface area (Å²) < 4.78 is 1.80. The van der Waals surface area contributed by atoms with Gasteiger partial charge in [-0.3, -0.25) is 9.59 Å². The van der Waals surface area contributed by atoms with Crippen LogP contribution in [0.5, 0.6) is 0 Å². The number of nitrogens with zero attached hydrogens (tertiary/aromatic N) is 6. The Morgan fingerprint density at radius 3 is 1.46 bits per heavy atom. The highest BCUT2D eigenvalue weighted by Gasteiger charge is 2.25. The first-order chi connectivity index (χ1) is 13.0. The van der Waals surface area contributed by atoms with Crippen LogP contribution in [0.4, 0.5) is 10.3 Å². The van der Waals surface area contributed by atoms with Crippen LogP contribution in [0.25, 0.3) is 20.4 Å². The third kappa shape index (κ3) is 3.35. The number of benzene rings is 1. The van der Waals surface area contributed by atoms with E-state index in [0.717, 1.165) is 15.0 Å². The fraction of sp³-hybridized carbons (Fsp3) is 0.412. The summed E-state index contributed by atoms with van der Waals surface area (Å²) in [5.74, 6) is -0.272. The number of halogens is 1. The van der Waals surface area contributed by atoms with Crippen LogP contribution in [-0.2, 0) is 9.59 Å². The monoisotopic (exact) mass is 440 g/mol. The molecule has 0 atom stereocenters. The minimum absolute atomic E-state index is 0.136. The lowest BCUT2D eigenvalue weighted by Gasteiger charge is -2.24. The average molecular weight is 441 g/mol. The van der Waals surface area contributed by atoms with Crippen LogP contribution >= 0.6 is 34.3 Å². The smallest absolute Gasteiger partial charge is 0.240 e. The normalized spacial score (nSPS) is 11.8. The Morgan fingerprint density at radius 1 is 0.821 bits per heavy atom. The maximum Gasteiger partial charge on any atom is 0.240 e. The molecule has 11 heteroatoms. The Bertz CT molecular complexity index is 952. The van der Waals surface area contributed by atoms with E-state index in [2.05, 4.69) is 9.97 Å². The Balaban J connectivity index is 2.25. The molecule has 28 heavy (non-hydrogen) atoms. The minimum atomic E-state index is -0.136. The molecule has 0 unspecified atom stereocenters. The van der Waals surface area contributed by atoms with Gasteiger partial charge in [0.25, 0.3) is 0 Å². The quantitative estimate of drug-likeness (QED) is 0.578. The highest BCUT2D eigenvalue weighted by Crippen LogP contribution is 2.44. The predicted octanol–water partition coefficient (Wildman–Crippen LogP) is 3.53. The first-order valence-electron chi connectivity index (χ1n) is 8.39. The van der Waals surface area contributed by atoms with Crippen LogP contribution in [-0.4, -0.2) is 60.0 Å². The lowest BCUT2D eigenvalue weighted by molar-refractivity contribution is -0.119. The van der Waals surface area contributed by atoms with Gasteiger partial charge < -0.3 is 0 Å². The molecule has 0 N–H and O–H groups in total. The molecule has 0 saturated heterocycles. The lowest BCUT2D eigenvalue weighted by Crippen LogP contribution is -2.40. The van der Waals surface area contributed by atoms with E-state index in [-0.39, 0.29) is 11.8 Å². The molecule has 0 saturated carbocycles. The van der Waals surface area contributed by atoms with Crippen LogP contribution in [0.3, 0.4) is 0 Å². The molecule has 0 fully saturated rings. The van der Waals surface area contributed by atoms with Crippen molar-refractivity contribution in [3.8, 4) is 0 Å². The molecule has 0 radical (unpaired) electrons. The SMILES string of the molecule is CC(=O)N(c1nc2c(Cl)c3nc(N(C(C)=O)N(C)C)sc3c(C)c2s1)N(C)C. The van der Waals surface area contributed by atoms with Gasteiger partial charge in [0, 0.05) is 42.0 Å². The van der Waals surface area contributed by atoms with Crippen molar-refractivity contribution in [2.24, 2.45) is 0 Å². The Kier molecular flexibility index (Phi) is 5.61. The second kappa shape index (κ2) is 7.53. The molecule has 8 nitrogen and oxygen atoms in total. The fourth-order valence-corrected chi connectivity index (χ4v) is 5.84. The van der Waals surface area contributed by atoms with Crippen LogP contribution < -0.4 is 10.0 Å². The molecule has 2 aromatic heterocycles. The maximum atomic E-state index is 12.0. The van der Waals surface area contributed by atoms with Crippen LogP contribution in [0.2, 0.25) is 5.02 Å². The fourth-order valence-electron chi connectivity index (χ4n) is 2.99. The summed E-state index contributed by atoms with van der Waals surface area (Å²) >= 11 is 9.46. The predicted molar refractivity (Wildman–Crippen MR) is 116 cm³/mol. The van der Waals surface area contributed by atoms with Crippen LogP contribution in [0.1, 0.15) is 19.4 Å². The van der Waals surface area contributed by atoms with Crippen molar-refractivity contribution < 1.29 is 9.59 Å². The summed E-state index contributed by atoms with van der Waals surface area (Å²) in [6, 6.07) is 0. The molecular weight excluding hydrogens is 420 g/mol. The van der Waals surface area contributed by atoms with Gasteiger partial charge in [0.15, 0.2) is 0 Å². The highest BCUT2D eigenvalue weighted by atomic mass is 35.5. The molecule has 3 aromatic rings. The Labute approximate surface area is 175 Å². The zero-order valence-electron chi connectivity index (χ0n) is 16.7. The number of anilines is 2. The Hall–Kier alpha value is -1.85. The first-order valence-corrected chi connectivity index (χ1v) is 10.4. The first kappa shape index (κ1) is 20.9. The standard InChI is InChI=1S/C17H21ClN6O2S2/c1-8-14-12(19-16(27-14)23(9(2)25)21(4)5)11(18)13-15(8)28-17(20-13)24(10(3)26)22(6)7/h1-7H3. The lowest BCUT2D eigenvalue weighted by atomic mass is 10.2.